The number of rotatable bonds is 8. The molecule has 5 nitrogen and oxygen atoms in total. The van der Waals surface area contributed by atoms with Crippen LogP contribution in [-0.4, -0.2) is 54.4 Å². The lowest BCUT2D eigenvalue weighted by Gasteiger charge is -2.33. The summed E-state index contributed by atoms with van der Waals surface area (Å²) in [6.07, 6.45) is 3.26. The van der Waals surface area contributed by atoms with Crippen molar-refractivity contribution in [3.63, 3.8) is 0 Å². The Bertz CT molecular complexity index is 589. The molecule has 1 aromatic rings. The molecule has 144 valence electrons. The van der Waals surface area contributed by atoms with Crippen molar-refractivity contribution in [1.82, 2.24) is 10.2 Å². The van der Waals surface area contributed by atoms with Crippen LogP contribution in [0.2, 0.25) is 0 Å². The average Bonchev–Trinajstić information content (AvgIpc) is 2.66. The van der Waals surface area contributed by atoms with Crippen LogP contribution >= 0.6 is 11.8 Å². The third kappa shape index (κ3) is 6.61. The van der Waals surface area contributed by atoms with Gasteiger partial charge in [-0.15, -0.1) is 11.8 Å². The van der Waals surface area contributed by atoms with E-state index in [2.05, 4.69) is 10.6 Å². The van der Waals surface area contributed by atoms with Crippen LogP contribution in [0.15, 0.2) is 24.3 Å². The highest BCUT2D eigenvalue weighted by Gasteiger charge is 2.26. The first-order chi connectivity index (χ1) is 12.5. The number of piperidine rings is 1. The van der Waals surface area contributed by atoms with Crippen LogP contribution in [0.5, 0.6) is 0 Å². The number of amides is 2. The van der Waals surface area contributed by atoms with Crippen molar-refractivity contribution in [2.75, 3.05) is 37.8 Å². The highest BCUT2D eigenvalue weighted by molar-refractivity contribution is 8.01. The highest BCUT2D eigenvalue weighted by atomic mass is 32.2. The Balaban J connectivity index is 1.70. The number of likely N-dealkylation sites (tertiary alicyclic amines) is 1. The molecule has 0 bridgehead atoms. The monoisotopic (exact) mass is 381 g/mol. The fourth-order valence-corrected chi connectivity index (χ4v) is 3.82. The number of nitrogens with one attached hydrogen (secondary N) is 2. The number of anilines is 1. The second-order valence-electron chi connectivity index (χ2n) is 6.67. The molecule has 0 spiro atoms. The number of benzene rings is 1. The fraction of sp³-hybridized carbons (Fsp3) is 0.579. The van der Waals surface area contributed by atoms with Crippen molar-refractivity contribution in [2.24, 2.45) is 5.92 Å². The van der Waals surface area contributed by atoms with E-state index in [0.717, 1.165) is 38.9 Å². The maximum atomic E-state index is 12.9. The third-order valence-corrected chi connectivity index (χ3v) is 5.80. The molecule has 0 radical (unpaired) electrons. The number of halogens is 1. The van der Waals surface area contributed by atoms with E-state index in [1.54, 1.807) is 0 Å². The van der Waals surface area contributed by atoms with Gasteiger partial charge in [-0.2, -0.15) is 0 Å². The van der Waals surface area contributed by atoms with Crippen LogP contribution in [0.1, 0.15) is 26.2 Å². The number of hydrogen-bond acceptors (Lipinski definition) is 4. The Morgan fingerprint density at radius 3 is 2.54 bits per heavy atom. The lowest BCUT2D eigenvalue weighted by molar-refractivity contribution is -0.131. The standard InChI is InChI=1S/C19H28FN3O2S/c1-14(19(25)23-11-8-15(9-12-23)7-10-21-2)26-13-18(24)22-17-5-3-16(20)4-6-17/h3-6,14-15,21H,7-13H2,1-2H3,(H,22,24). The molecule has 1 aliphatic heterocycles. The summed E-state index contributed by atoms with van der Waals surface area (Å²) in [6.45, 7) is 4.49. The molecule has 26 heavy (non-hydrogen) atoms. The lowest BCUT2D eigenvalue weighted by atomic mass is 9.93. The summed E-state index contributed by atoms with van der Waals surface area (Å²) in [4.78, 5) is 26.5. The Labute approximate surface area is 159 Å². The normalized spacial score (nSPS) is 16.3. The number of carbonyl (C=O) groups is 2. The van der Waals surface area contributed by atoms with Crippen molar-refractivity contribution < 1.29 is 14.0 Å². The second kappa shape index (κ2) is 10.5. The third-order valence-electron chi connectivity index (χ3n) is 4.67. The quantitative estimate of drug-likeness (QED) is 0.727. The SMILES string of the molecule is CNCCC1CCN(C(=O)C(C)SCC(=O)Nc2ccc(F)cc2)CC1. The molecule has 1 aromatic carbocycles. The minimum absolute atomic E-state index is 0.108. The van der Waals surface area contributed by atoms with E-state index in [0.29, 0.717) is 11.6 Å². The van der Waals surface area contributed by atoms with E-state index >= 15 is 0 Å². The van der Waals surface area contributed by atoms with E-state index in [-0.39, 0.29) is 28.6 Å². The van der Waals surface area contributed by atoms with Gasteiger partial charge in [0.05, 0.1) is 11.0 Å². The highest BCUT2D eigenvalue weighted by Crippen LogP contribution is 2.23. The molecule has 1 atom stereocenters. The minimum atomic E-state index is -0.341. The van der Waals surface area contributed by atoms with E-state index in [9.17, 15) is 14.0 Å². The Hall–Kier alpha value is -1.60. The Morgan fingerprint density at radius 2 is 1.92 bits per heavy atom. The van der Waals surface area contributed by atoms with Crippen molar-refractivity contribution >= 4 is 29.3 Å². The summed E-state index contributed by atoms with van der Waals surface area (Å²) in [7, 11) is 1.96. The molecule has 0 aromatic heterocycles. The molecule has 7 heteroatoms. The van der Waals surface area contributed by atoms with E-state index < -0.39 is 0 Å². The predicted molar refractivity (Wildman–Crippen MR) is 105 cm³/mol. The molecule has 1 unspecified atom stereocenters. The molecule has 1 heterocycles. The molecule has 2 amide bonds. The van der Waals surface area contributed by atoms with Crippen molar-refractivity contribution in [2.45, 2.75) is 31.4 Å². The van der Waals surface area contributed by atoms with Crippen molar-refractivity contribution in [3.05, 3.63) is 30.1 Å². The molecule has 1 saturated heterocycles. The van der Waals surface area contributed by atoms with Gasteiger partial charge in [0.1, 0.15) is 5.82 Å². The zero-order valence-corrected chi connectivity index (χ0v) is 16.3. The summed E-state index contributed by atoms with van der Waals surface area (Å²) >= 11 is 1.34. The van der Waals surface area contributed by atoms with Gasteiger partial charge in [-0.1, -0.05) is 0 Å². The molecular weight excluding hydrogens is 353 g/mol. The van der Waals surface area contributed by atoms with Gasteiger partial charge in [0.2, 0.25) is 11.8 Å². The zero-order valence-electron chi connectivity index (χ0n) is 15.5. The largest absolute Gasteiger partial charge is 0.342 e. The smallest absolute Gasteiger partial charge is 0.235 e. The predicted octanol–water partition coefficient (Wildman–Crippen LogP) is 2.73. The average molecular weight is 382 g/mol. The van der Waals surface area contributed by atoms with Gasteiger partial charge >= 0.3 is 0 Å². The molecule has 2 rings (SSSR count). The Kier molecular flexibility index (Phi) is 8.38. The first-order valence-corrected chi connectivity index (χ1v) is 10.1. The molecule has 0 saturated carbocycles. The first kappa shape index (κ1) is 20.7. The van der Waals surface area contributed by atoms with E-state index in [1.165, 1.54) is 36.0 Å². The number of hydrogen-bond donors (Lipinski definition) is 2. The molecular formula is C19H28FN3O2S. The van der Waals surface area contributed by atoms with Gasteiger partial charge in [-0.3, -0.25) is 9.59 Å². The second-order valence-corrected chi connectivity index (χ2v) is 8.00. The maximum absolute atomic E-state index is 12.9. The molecule has 1 aliphatic rings. The van der Waals surface area contributed by atoms with Crippen LogP contribution in [0.25, 0.3) is 0 Å². The van der Waals surface area contributed by atoms with Gasteiger partial charge in [-0.25, -0.2) is 4.39 Å². The van der Waals surface area contributed by atoms with Crippen LogP contribution in [0, 0.1) is 11.7 Å². The van der Waals surface area contributed by atoms with Crippen molar-refractivity contribution in [1.29, 1.82) is 0 Å². The number of carbonyl (C=O) groups excluding carboxylic acids is 2. The maximum Gasteiger partial charge on any atom is 0.235 e. The van der Waals surface area contributed by atoms with Crippen molar-refractivity contribution in [3.8, 4) is 0 Å². The van der Waals surface area contributed by atoms with Gasteiger partial charge in [0.15, 0.2) is 0 Å². The summed E-state index contributed by atoms with van der Waals surface area (Å²) in [5.74, 6) is 0.467. The Morgan fingerprint density at radius 1 is 1.27 bits per heavy atom. The number of thioether (sulfide) groups is 1. The summed E-state index contributed by atoms with van der Waals surface area (Å²) in [5, 5.41) is 5.64. The fourth-order valence-electron chi connectivity index (χ4n) is 3.05. The summed E-state index contributed by atoms with van der Waals surface area (Å²) < 4.78 is 12.9. The molecule has 0 aliphatic carbocycles. The van der Waals surface area contributed by atoms with Crippen LogP contribution in [0.3, 0.4) is 0 Å². The van der Waals surface area contributed by atoms with Crippen LogP contribution in [-0.2, 0) is 9.59 Å². The molecule has 1 fully saturated rings. The van der Waals surface area contributed by atoms with E-state index in [4.69, 9.17) is 0 Å². The van der Waals surface area contributed by atoms with Gasteiger partial charge in [0.25, 0.3) is 0 Å². The lowest BCUT2D eigenvalue weighted by Crippen LogP contribution is -2.42. The zero-order chi connectivity index (χ0) is 18.9. The number of nitrogens with zero attached hydrogens (tertiary/aromatic N) is 1. The van der Waals surface area contributed by atoms with Crippen LogP contribution in [0.4, 0.5) is 10.1 Å². The van der Waals surface area contributed by atoms with Gasteiger partial charge in [-0.05, 0) is 70.0 Å². The van der Waals surface area contributed by atoms with Gasteiger partial charge < -0.3 is 15.5 Å². The van der Waals surface area contributed by atoms with Crippen LogP contribution < -0.4 is 10.6 Å². The topological polar surface area (TPSA) is 61.4 Å². The summed E-state index contributed by atoms with van der Waals surface area (Å²) in [5.41, 5.74) is 0.555. The van der Waals surface area contributed by atoms with E-state index in [1.807, 2.05) is 18.9 Å². The first-order valence-electron chi connectivity index (χ1n) is 9.10. The summed E-state index contributed by atoms with van der Waals surface area (Å²) in [6, 6.07) is 5.64. The molecule has 2 N–H and O–H groups in total. The minimum Gasteiger partial charge on any atom is -0.342 e. The van der Waals surface area contributed by atoms with Gasteiger partial charge in [0, 0.05) is 18.8 Å².